The first-order chi connectivity index (χ1) is 22.8. The molecule has 2 heteroatoms. The lowest BCUT2D eigenvalue weighted by molar-refractivity contribution is 1.29. The number of fused-ring (bicyclic) bond motifs is 6. The van der Waals surface area contributed by atoms with Crippen LogP contribution in [0.3, 0.4) is 0 Å². The summed E-state index contributed by atoms with van der Waals surface area (Å²) in [4.78, 5) is 2.38. The van der Waals surface area contributed by atoms with Gasteiger partial charge in [-0.25, -0.2) is 0 Å². The van der Waals surface area contributed by atoms with Gasteiger partial charge in [0.15, 0.2) is 0 Å². The summed E-state index contributed by atoms with van der Waals surface area (Å²) in [6.07, 6.45) is 0. The SMILES string of the molecule is c1ccc(-c2cccc(N(c3ccc(-c4ccc5sc6ccccc6c5c4)cc3)c3ccc4c(ccc5ccccc54)c3)c2)cc1. The van der Waals surface area contributed by atoms with E-state index in [0.717, 1.165) is 17.1 Å². The van der Waals surface area contributed by atoms with Crippen LogP contribution in [0.4, 0.5) is 17.1 Å². The van der Waals surface area contributed by atoms with Gasteiger partial charge >= 0.3 is 0 Å². The smallest absolute Gasteiger partial charge is 0.0468 e. The Morgan fingerprint density at radius 1 is 0.304 bits per heavy atom. The summed E-state index contributed by atoms with van der Waals surface area (Å²) in [6.45, 7) is 0. The molecule has 9 aromatic rings. The predicted octanol–water partition coefficient (Wildman–Crippen LogP) is 13.2. The molecular weight excluding hydrogens is 575 g/mol. The van der Waals surface area contributed by atoms with Crippen LogP contribution in [-0.4, -0.2) is 0 Å². The lowest BCUT2D eigenvalue weighted by Gasteiger charge is -2.27. The number of anilines is 3. The molecule has 216 valence electrons. The van der Waals surface area contributed by atoms with Crippen molar-refractivity contribution in [2.75, 3.05) is 4.90 Å². The second-order valence-electron chi connectivity index (χ2n) is 11.8. The van der Waals surface area contributed by atoms with Gasteiger partial charge in [0.1, 0.15) is 0 Å². The molecule has 0 aliphatic carbocycles. The number of hydrogen-bond donors (Lipinski definition) is 0. The highest BCUT2D eigenvalue weighted by atomic mass is 32.1. The van der Waals surface area contributed by atoms with Crippen molar-refractivity contribution in [2.24, 2.45) is 0 Å². The molecule has 0 spiro atoms. The van der Waals surface area contributed by atoms with Gasteiger partial charge in [0.2, 0.25) is 0 Å². The van der Waals surface area contributed by atoms with Crippen molar-refractivity contribution < 1.29 is 0 Å². The number of thiophene rings is 1. The van der Waals surface area contributed by atoms with Crippen LogP contribution in [0.2, 0.25) is 0 Å². The molecule has 1 nitrogen and oxygen atoms in total. The summed E-state index contributed by atoms with van der Waals surface area (Å²) in [7, 11) is 0. The average Bonchev–Trinajstić information content (AvgIpc) is 3.50. The van der Waals surface area contributed by atoms with E-state index >= 15 is 0 Å². The fourth-order valence-corrected chi connectivity index (χ4v) is 7.84. The Kier molecular flexibility index (Phi) is 6.40. The quantitative estimate of drug-likeness (QED) is 0.177. The monoisotopic (exact) mass is 603 g/mol. The fourth-order valence-electron chi connectivity index (χ4n) is 6.75. The van der Waals surface area contributed by atoms with E-state index in [9.17, 15) is 0 Å². The minimum absolute atomic E-state index is 1.12. The van der Waals surface area contributed by atoms with Crippen LogP contribution >= 0.6 is 11.3 Å². The average molecular weight is 604 g/mol. The van der Waals surface area contributed by atoms with E-state index in [0.29, 0.717) is 0 Å². The molecule has 0 aliphatic heterocycles. The van der Waals surface area contributed by atoms with E-state index in [1.165, 1.54) is 64.0 Å². The first-order valence-electron chi connectivity index (χ1n) is 15.7. The maximum atomic E-state index is 2.38. The number of benzene rings is 8. The van der Waals surface area contributed by atoms with Gasteiger partial charge in [-0.15, -0.1) is 11.3 Å². The summed E-state index contributed by atoms with van der Waals surface area (Å²) < 4.78 is 2.66. The van der Waals surface area contributed by atoms with Crippen LogP contribution < -0.4 is 4.90 Å². The summed E-state index contributed by atoms with van der Waals surface area (Å²) in [5.74, 6) is 0. The Hall–Kier alpha value is -5.70. The predicted molar refractivity (Wildman–Crippen MR) is 200 cm³/mol. The highest BCUT2D eigenvalue weighted by Gasteiger charge is 2.15. The maximum Gasteiger partial charge on any atom is 0.0468 e. The molecule has 9 rings (SSSR count). The third-order valence-corrected chi connectivity index (χ3v) is 10.2. The van der Waals surface area contributed by atoms with Crippen molar-refractivity contribution >= 4 is 70.1 Å². The van der Waals surface area contributed by atoms with Crippen molar-refractivity contribution in [1.82, 2.24) is 0 Å². The minimum atomic E-state index is 1.12. The molecule has 0 aliphatic rings. The molecule has 1 aromatic heterocycles. The Balaban J connectivity index is 1.17. The summed E-state index contributed by atoms with van der Waals surface area (Å²) >= 11 is 1.86. The van der Waals surface area contributed by atoms with Gasteiger partial charge in [0.25, 0.3) is 0 Å². The molecule has 0 atom stereocenters. The molecule has 0 saturated carbocycles. The fraction of sp³-hybridized carbons (Fsp3) is 0. The van der Waals surface area contributed by atoms with Crippen molar-refractivity contribution in [3.8, 4) is 22.3 Å². The second kappa shape index (κ2) is 11.0. The molecule has 0 radical (unpaired) electrons. The molecule has 46 heavy (non-hydrogen) atoms. The topological polar surface area (TPSA) is 3.24 Å². The summed E-state index contributed by atoms with van der Waals surface area (Å²) in [5, 5.41) is 7.70. The van der Waals surface area contributed by atoms with Gasteiger partial charge in [-0.2, -0.15) is 0 Å². The van der Waals surface area contributed by atoms with Crippen molar-refractivity contribution in [2.45, 2.75) is 0 Å². The highest BCUT2D eigenvalue weighted by Crippen LogP contribution is 2.41. The number of rotatable bonds is 5. The summed E-state index contributed by atoms with van der Waals surface area (Å²) in [6, 6.07) is 64.0. The Labute approximate surface area is 272 Å². The Morgan fingerprint density at radius 3 is 1.80 bits per heavy atom. The third kappa shape index (κ3) is 4.63. The van der Waals surface area contributed by atoms with Gasteiger partial charge in [0.05, 0.1) is 0 Å². The minimum Gasteiger partial charge on any atom is -0.310 e. The van der Waals surface area contributed by atoms with Crippen LogP contribution in [0.1, 0.15) is 0 Å². The van der Waals surface area contributed by atoms with Crippen LogP contribution in [0.15, 0.2) is 176 Å². The first-order valence-corrected chi connectivity index (χ1v) is 16.5. The van der Waals surface area contributed by atoms with E-state index in [-0.39, 0.29) is 0 Å². The van der Waals surface area contributed by atoms with E-state index < -0.39 is 0 Å². The lowest BCUT2D eigenvalue weighted by Crippen LogP contribution is -2.10. The molecule has 0 N–H and O–H groups in total. The van der Waals surface area contributed by atoms with Gasteiger partial charge < -0.3 is 4.90 Å². The number of nitrogens with zero attached hydrogens (tertiary/aromatic N) is 1. The van der Waals surface area contributed by atoms with Crippen molar-refractivity contribution in [1.29, 1.82) is 0 Å². The molecule has 0 bridgehead atoms. The molecule has 8 aromatic carbocycles. The molecule has 0 fully saturated rings. The zero-order valence-corrected chi connectivity index (χ0v) is 25.9. The lowest BCUT2D eigenvalue weighted by atomic mass is 10.00. The van der Waals surface area contributed by atoms with Crippen LogP contribution in [0.25, 0.3) is 64.0 Å². The van der Waals surface area contributed by atoms with E-state index in [4.69, 9.17) is 0 Å². The van der Waals surface area contributed by atoms with Crippen LogP contribution in [0.5, 0.6) is 0 Å². The normalized spacial score (nSPS) is 11.5. The van der Waals surface area contributed by atoms with E-state index in [1.54, 1.807) is 0 Å². The highest BCUT2D eigenvalue weighted by molar-refractivity contribution is 7.25. The Morgan fingerprint density at radius 2 is 0.913 bits per heavy atom. The summed E-state index contributed by atoms with van der Waals surface area (Å²) in [5.41, 5.74) is 8.23. The zero-order valence-electron chi connectivity index (χ0n) is 25.1. The first kappa shape index (κ1) is 26.7. The molecule has 0 amide bonds. The van der Waals surface area contributed by atoms with Crippen LogP contribution in [0, 0.1) is 0 Å². The van der Waals surface area contributed by atoms with Gasteiger partial charge in [0, 0.05) is 37.2 Å². The van der Waals surface area contributed by atoms with Crippen LogP contribution in [-0.2, 0) is 0 Å². The largest absolute Gasteiger partial charge is 0.310 e. The van der Waals surface area contributed by atoms with Crippen molar-refractivity contribution in [3.63, 3.8) is 0 Å². The van der Waals surface area contributed by atoms with Gasteiger partial charge in [-0.3, -0.25) is 0 Å². The van der Waals surface area contributed by atoms with E-state index in [1.807, 2.05) is 11.3 Å². The maximum absolute atomic E-state index is 2.38. The molecular formula is C44H29NS. The van der Waals surface area contributed by atoms with Gasteiger partial charge in [-0.1, -0.05) is 121 Å². The molecule has 0 saturated heterocycles. The van der Waals surface area contributed by atoms with E-state index in [2.05, 4.69) is 181 Å². The molecule has 1 heterocycles. The van der Waals surface area contributed by atoms with Gasteiger partial charge in [-0.05, 0) is 98.4 Å². The van der Waals surface area contributed by atoms with Crippen molar-refractivity contribution in [3.05, 3.63) is 176 Å². The standard InChI is InChI=1S/C44H29NS/c1-2-9-30(10-3-1)33-12-8-13-37(27-33)45(38-24-25-40-35(28-38)18-17-32-11-4-5-14-39(32)40)36-22-19-31(20-23-36)34-21-26-44-42(29-34)41-15-6-7-16-43(41)46-44/h1-29H. The Bertz CT molecular complexity index is 2530. The third-order valence-electron chi connectivity index (χ3n) is 9.03. The molecule has 0 unspecified atom stereocenters. The second-order valence-corrected chi connectivity index (χ2v) is 12.9. The number of hydrogen-bond acceptors (Lipinski definition) is 2. The zero-order chi connectivity index (χ0) is 30.5.